The molecule has 0 radical (unpaired) electrons. The van der Waals surface area contributed by atoms with Gasteiger partial charge >= 0.3 is 0 Å². The van der Waals surface area contributed by atoms with Gasteiger partial charge in [-0.25, -0.2) is 4.57 Å². The molecule has 0 amide bonds. The summed E-state index contributed by atoms with van der Waals surface area (Å²) in [5, 5.41) is 0. The quantitative estimate of drug-likeness (QED) is 0.677. The molecule has 0 aliphatic carbocycles. The van der Waals surface area contributed by atoms with Gasteiger partial charge in [-0.15, -0.1) is 0 Å². The summed E-state index contributed by atoms with van der Waals surface area (Å²) in [5.74, 6) is -0.281. The first-order valence-electron chi connectivity index (χ1n) is 6.20. The lowest BCUT2D eigenvalue weighted by molar-refractivity contribution is -0.692. The van der Waals surface area contributed by atoms with Crippen LogP contribution in [0.5, 0.6) is 0 Å². The Kier molecular flexibility index (Phi) is 4.65. The minimum absolute atomic E-state index is 0.238. The number of nitrogens with zero attached hydrogens (tertiary/aromatic N) is 1. The summed E-state index contributed by atoms with van der Waals surface area (Å²) in [6.07, 6.45) is 7.58. The van der Waals surface area contributed by atoms with Gasteiger partial charge in [-0.3, -0.25) is 4.55 Å². The van der Waals surface area contributed by atoms with Crippen LogP contribution in [0.15, 0.2) is 54.9 Å². The molecule has 0 aliphatic rings. The van der Waals surface area contributed by atoms with E-state index in [1.807, 2.05) is 54.6 Å². The van der Waals surface area contributed by atoms with E-state index in [-0.39, 0.29) is 12.3 Å². The molecule has 20 heavy (non-hydrogen) atoms. The van der Waals surface area contributed by atoms with Gasteiger partial charge in [0.25, 0.3) is 10.1 Å². The molecule has 1 aromatic heterocycles. The van der Waals surface area contributed by atoms with Crippen molar-refractivity contribution in [1.29, 1.82) is 0 Å². The fourth-order valence-electron chi connectivity index (χ4n) is 1.71. The fraction of sp³-hybridized carbons (Fsp3) is 0.133. The van der Waals surface area contributed by atoms with E-state index in [0.29, 0.717) is 0 Å². The summed E-state index contributed by atoms with van der Waals surface area (Å²) < 4.78 is 31.7. The van der Waals surface area contributed by atoms with Gasteiger partial charge in [0.15, 0.2) is 18.9 Å². The normalized spacial score (nSPS) is 11.8. The van der Waals surface area contributed by atoms with Gasteiger partial charge in [0.1, 0.15) is 5.75 Å². The summed E-state index contributed by atoms with van der Waals surface area (Å²) in [4.78, 5) is 0. The zero-order valence-electron chi connectivity index (χ0n) is 10.9. The Bertz CT molecular complexity index is 677. The Morgan fingerprint density at radius 1 is 0.950 bits per heavy atom. The van der Waals surface area contributed by atoms with Crippen LogP contribution in [-0.4, -0.2) is 18.7 Å². The van der Waals surface area contributed by atoms with Crippen LogP contribution in [0.3, 0.4) is 0 Å². The van der Waals surface area contributed by atoms with E-state index in [0.717, 1.165) is 11.1 Å². The Balaban J connectivity index is 2.00. The Morgan fingerprint density at radius 2 is 1.50 bits per heavy atom. The second kappa shape index (κ2) is 6.45. The van der Waals surface area contributed by atoms with Gasteiger partial charge in [0.2, 0.25) is 0 Å². The van der Waals surface area contributed by atoms with E-state index in [4.69, 9.17) is 4.55 Å². The second-order valence-corrected chi connectivity index (χ2v) is 5.97. The van der Waals surface area contributed by atoms with Gasteiger partial charge < -0.3 is 0 Å². The highest BCUT2D eigenvalue weighted by Crippen LogP contribution is 2.06. The summed E-state index contributed by atoms with van der Waals surface area (Å²) in [7, 11) is -3.91. The predicted octanol–water partition coefficient (Wildman–Crippen LogP) is 2.03. The largest absolute Gasteiger partial charge is 0.285 e. The molecule has 1 aromatic carbocycles. The maximum atomic E-state index is 10.7. The van der Waals surface area contributed by atoms with Gasteiger partial charge in [0, 0.05) is 12.1 Å². The Hall–Kier alpha value is -1.98. The van der Waals surface area contributed by atoms with Crippen molar-refractivity contribution >= 4 is 22.3 Å². The van der Waals surface area contributed by atoms with Crippen molar-refractivity contribution < 1.29 is 17.5 Å². The SMILES string of the molecule is O=S(=O)(O)CC[n+]1ccc(C=Cc2ccccc2)cc1. The minimum atomic E-state index is -3.91. The highest BCUT2D eigenvalue weighted by atomic mass is 32.2. The lowest BCUT2D eigenvalue weighted by atomic mass is 10.1. The third kappa shape index (κ3) is 4.95. The van der Waals surface area contributed by atoms with Gasteiger partial charge in [0.05, 0.1) is 0 Å². The lowest BCUT2D eigenvalue weighted by Gasteiger charge is -1.96. The van der Waals surface area contributed by atoms with E-state index in [2.05, 4.69) is 0 Å². The van der Waals surface area contributed by atoms with Gasteiger partial charge in [-0.2, -0.15) is 8.42 Å². The summed E-state index contributed by atoms with van der Waals surface area (Å²) in [6.45, 7) is 0.238. The molecule has 2 rings (SSSR count). The number of rotatable bonds is 5. The number of hydrogen-bond acceptors (Lipinski definition) is 2. The van der Waals surface area contributed by atoms with Crippen molar-refractivity contribution in [2.24, 2.45) is 0 Å². The van der Waals surface area contributed by atoms with Crippen LogP contribution in [0.4, 0.5) is 0 Å². The van der Waals surface area contributed by atoms with E-state index in [1.165, 1.54) is 0 Å². The summed E-state index contributed by atoms with van der Waals surface area (Å²) >= 11 is 0. The molecule has 0 saturated carbocycles. The topological polar surface area (TPSA) is 58.3 Å². The molecule has 104 valence electrons. The lowest BCUT2D eigenvalue weighted by Crippen LogP contribution is -2.36. The molecule has 4 nitrogen and oxygen atoms in total. The molecule has 2 aromatic rings. The van der Waals surface area contributed by atoms with Crippen LogP contribution in [0.25, 0.3) is 12.2 Å². The van der Waals surface area contributed by atoms with Gasteiger partial charge in [-0.1, -0.05) is 42.5 Å². The molecule has 0 saturated heterocycles. The third-order valence-electron chi connectivity index (χ3n) is 2.79. The van der Waals surface area contributed by atoms with Crippen LogP contribution in [-0.2, 0) is 16.7 Å². The van der Waals surface area contributed by atoms with Crippen molar-refractivity contribution in [1.82, 2.24) is 0 Å². The zero-order chi connectivity index (χ0) is 14.4. The van der Waals surface area contributed by atoms with E-state index in [9.17, 15) is 8.42 Å². The number of pyridine rings is 1. The maximum absolute atomic E-state index is 10.7. The van der Waals surface area contributed by atoms with Gasteiger partial charge in [-0.05, 0) is 11.1 Å². The van der Waals surface area contributed by atoms with Crippen molar-refractivity contribution in [2.75, 3.05) is 5.75 Å². The average Bonchev–Trinajstić information content (AvgIpc) is 2.44. The predicted molar refractivity (Wildman–Crippen MR) is 78.4 cm³/mol. The van der Waals surface area contributed by atoms with E-state index in [1.54, 1.807) is 17.0 Å². The molecule has 0 atom stereocenters. The number of aromatic nitrogens is 1. The molecule has 1 heterocycles. The molecule has 5 heteroatoms. The summed E-state index contributed by atoms with van der Waals surface area (Å²) in [6, 6.07) is 13.8. The smallest absolute Gasteiger partial charge is 0.271 e. The number of benzene rings is 1. The molecule has 0 spiro atoms. The van der Waals surface area contributed by atoms with E-state index >= 15 is 0 Å². The first kappa shape index (κ1) is 14.4. The Morgan fingerprint density at radius 3 is 2.05 bits per heavy atom. The standard InChI is InChI=1S/C15H15NO3S/c17-20(18,19)13-12-16-10-8-15(9-11-16)7-6-14-4-2-1-3-5-14/h1-11H,12-13H2/p+1. The highest BCUT2D eigenvalue weighted by molar-refractivity contribution is 7.85. The number of aryl methyl sites for hydroxylation is 1. The van der Waals surface area contributed by atoms with Crippen LogP contribution in [0.1, 0.15) is 11.1 Å². The zero-order valence-corrected chi connectivity index (χ0v) is 11.7. The highest BCUT2D eigenvalue weighted by Gasteiger charge is 2.08. The van der Waals surface area contributed by atoms with Crippen molar-refractivity contribution in [2.45, 2.75) is 6.54 Å². The maximum Gasteiger partial charge on any atom is 0.271 e. The van der Waals surface area contributed by atoms with Crippen LogP contribution in [0, 0.1) is 0 Å². The average molecular weight is 290 g/mol. The minimum Gasteiger partial charge on any atom is -0.285 e. The molecule has 0 fully saturated rings. The van der Waals surface area contributed by atoms with Crippen LogP contribution < -0.4 is 4.57 Å². The molecule has 0 aliphatic heterocycles. The molecule has 1 N–H and O–H groups in total. The van der Waals surface area contributed by atoms with Crippen LogP contribution >= 0.6 is 0 Å². The fourth-order valence-corrected chi connectivity index (χ4v) is 2.15. The molecule has 0 bridgehead atoms. The Labute approximate surface area is 118 Å². The summed E-state index contributed by atoms with van der Waals surface area (Å²) in [5.41, 5.74) is 2.15. The van der Waals surface area contributed by atoms with Crippen LogP contribution in [0.2, 0.25) is 0 Å². The first-order valence-corrected chi connectivity index (χ1v) is 7.81. The van der Waals surface area contributed by atoms with Crippen molar-refractivity contribution in [3.05, 3.63) is 66.0 Å². The molecular weight excluding hydrogens is 274 g/mol. The third-order valence-corrected chi connectivity index (χ3v) is 3.49. The first-order chi connectivity index (χ1) is 9.53. The monoisotopic (exact) mass is 290 g/mol. The second-order valence-electron chi connectivity index (χ2n) is 4.40. The van der Waals surface area contributed by atoms with Crippen molar-refractivity contribution in [3.63, 3.8) is 0 Å². The molecule has 0 unspecified atom stereocenters. The van der Waals surface area contributed by atoms with E-state index < -0.39 is 10.1 Å². The van der Waals surface area contributed by atoms with Crippen molar-refractivity contribution in [3.8, 4) is 0 Å². The number of hydrogen-bond donors (Lipinski definition) is 1. The molecular formula is C15H16NO3S+.